The normalized spacial score (nSPS) is 10.5. The second-order valence-corrected chi connectivity index (χ2v) is 6.45. The van der Waals surface area contributed by atoms with Crippen LogP contribution in [0.15, 0.2) is 12.1 Å². The molecule has 3 heteroatoms. The van der Waals surface area contributed by atoms with Crippen LogP contribution in [0.2, 0.25) is 0 Å². The molecule has 0 fully saturated rings. The molecule has 0 nitrogen and oxygen atoms in total. The first-order valence-electron chi connectivity index (χ1n) is 4.28. The van der Waals surface area contributed by atoms with E-state index in [1.807, 2.05) is 0 Å². The van der Waals surface area contributed by atoms with Gasteiger partial charge in [0.05, 0.1) is 0 Å². The lowest BCUT2D eigenvalue weighted by atomic mass is 10.1. The Balaban J connectivity index is 2.92. The molecular weight excluding hydrogens is 501 g/mol. The van der Waals surface area contributed by atoms with Crippen molar-refractivity contribution in [2.75, 3.05) is 0 Å². The van der Waals surface area contributed by atoms with Gasteiger partial charge in [0.2, 0.25) is 0 Å². The summed E-state index contributed by atoms with van der Waals surface area (Å²) >= 11 is 7.26. The highest BCUT2D eigenvalue weighted by molar-refractivity contribution is 14.1. The molecule has 0 aliphatic rings. The minimum absolute atomic E-state index is 1.22. The molecule has 13 heavy (non-hydrogen) atoms. The minimum Gasteiger partial charge on any atom is -0.0654 e. The van der Waals surface area contributed by atoms with Crippen molar-refractivity contribution in [3.05, 3.63) is 28.4 Å². The SMILES string of the molecule is CCCCc1cc(I)cc(I)c1I. The van der Waals surface area contributed by atoms with E-state index in [-0.39, 0.29) is 0 Å². The third-order valence-electron chi connectivity index (χ3n) is 1.87. The van der Waals surface area contributed by atoms with Crippen molar-refractivity contribution in [2.45, 2.75) is 26.2 Å². The van der Waals surface area contributed by atoms with E-state index in [1.54, 1.807) is 0 Å². The number of halogens is 3. The van der Waals surface area contributed by atoms with Gasteiger partial charge in [-0.05, 0) is 98.3 Å². The maximum absolute atomic E-state index is 2.45. The molecule has 0 atom stereocenters. The maximum atomic E-state index is 2.45. The average Bonchev–Trinajstić information content (AvgIpc) is 2.09. The first kappa shape index (κ1) is 12.5. The monoisotopic (exact) mass is 512 g/mol. The molecule has 1 aromatic rings. The number of unbranched alkanes of at least 4 members (excludes halogenated alkanes) is 1. The van der Waals surface area contributed by atoms with Gasteiger partial charge in [0.15, 0.2) is 0 Å². The Bertz CT molecular complexity index is 294. The van der Waals surface area contributed by atoms with Gasteiger partial charge in [-0.3, -0.25) is 0 Å². The van der Waals surface area contributed by atoms with E-state index in [9.17, 15) is 0 Å². The number of hydrogen-bond donors (Lipinski definition) is 0. The summed E-state index contributed by atoms with van der Waals surface area (Å²) in [7, 11) is 0. The third-order valence-corrected chi connectivity index (χ3v) is 5.65. The summed E-state index contributed by atoms with van der Waals surface area (Å²) in [5.41, 5.74) is 1.51. The molecule has 0 amide bonds. The summed E-state index contributed by atoms with van der Waals surface area (Å²) in [4.78, 5) is 0. The molecule has 1 aromatic carbocycles. The maximum Gasteiger partial charge on any atom is 0.0296 e. The zero-order chi connectivity index (χ0) is 9.84. The zero-order valence-electron chi connectivity index (χ0n) is 7.41. The Morgan fingerprint density at radius 2 is 1.85 bits per heavy atom. The van der Waals surface area contributed by atoms with Gasteiger partial charge < -0.3 is 0 Å². The smallest absolute Gasteiger partial charge is 0.0296 e. The van der Waals surface area contributed by atoms with E-state index in [1.165, 1.54) is 35.5 Å². The van der Waals surface area contributed by atoms with Gasteiger partial charge in [-0.15, -0.1) is 0 Å². The largest absolute Gasteiger partial charge is 0.0654 e. The molecule has 0 N–H and O–H groups in total. The van der Waals surface area contributed by atoms with Gasteiger partial charge in [-0.1, -0.05) is 13.3 Å². The van der Waals surface area contributed by atoms with Crippen molar-refractivity contribution in [3.63, 3.8) is 0 Å². The Hall–Kier alpha value is 1.41. The predicted molar refractivity (Wildman–Crippen MR) is 83.2 cm³/mol. The number of rotatable bonds is 3. The molecule has 0 bridgehead atoms. The highest BCUT2D eigenvalue weighted by atomic mass is 127. The molecule has 72 valence electrons. The highest BCUT2D eigenvalue weighted by Gasteiger charge is 2.04. The molecule has 0 aliphatic carbocycles. The van der Waals surface area contributed by atoms with Crippen LogP contribution in [0.3, 0.4) is 0 Å². The highest BCUT2D eigenvalue weighted by Crippen LogP contribution is 2.23. The van der Waals surface area contributed by atoms with Gasteiger partial charge in [-0.25, -0.2) is 0 Å². The number of hydrogen-bond acceptors (Lipinski definition) is 0. The van der Waals surface area contributed by atoms with Crippen LogP contribution in [-0.2, 0) is 6.42 Å². The molecular formula is C10H11I3. The van der Waals surface area contributed by atoms with E-state index in [2.05, 4.69) is 86.8 Å². The molecule has 0 spiro atoms. The molecule has 0 heterocycles. The molecule has 0 saturated carbocycles. The first-order valence-corrected chi connectivity index (χ1v) is 7.52. The third kappa shape index (κ3) is 3.81. The summed E-state index contributed by atoms with van der Waals surface area (Å²) in [6.45, 7) is 2.24. The molecule has 0 radical (unpaired) electrons. The fourth-order valence-corrected chi connectivity index (χ4v) is 3.70. The Morgan fingerprint density at radius 1 is 1.15 bits per heavy atom. The molecule has 0 aliphatic heterocycles. The van der Waals surface area contributed by atoms with Crippen molar-refractivity contribution >= 4 is 67.8 Å². The van der Waals surface area contributed by atoms with Crippen LogP contribution >= 0.6 is 67.8 Å². The van der Waals surface area contributed by atoms with Crippen LogP contribution in [0, 0.1) is 10.7 Å². The lowest BCUT2D eigenvalue weighted by molar-refractivity contribution is 0.791. The lowest BCUT2D eigenvalue weighted by Crippen LogP contribution is -1.93. The predicted octanol–water partition coefficient (Wildman–Crippen LogP) is 4.84. The minimum atomic E-state index is 1.22. The van der Waals surface area contributed by atoms with E-state index >= 15 is 0 Å². The van der Waals surface area contributed by atoms with Gasteiger partial charge in [0.1, 0.15) is 0 Å². The van der Waals surface area contributed by atoms with E-state index < -0.39 is 0 Å². The van der Waals surface area contributed by atoms with Crippen molar-refractivity contribution in [1.82, 2.24) is 0 Å². The van der Waals surface area contributed by atoms with Gasteiger partial charge in [0.25, 0.3) is 0 Å². The topological polar surface area (TPSA) is 0 Å². The summed E-state index contributed by atoms with van der Waals surface area (Å²) in [5.74, 6) is 0. The van der Waals surface area contributed by atoms with Crippen molar-refractivity contribution < 1.29 is 0 Å². The van der Waals surface area contributed by atoms with Gasteiger partial charge in [0, 0.05) is 10.7 Å². The molecule has 0 unspecified atom stereocenters. The van der Waals surface area contributed by atoms with Crippen molar-refractivity contribution in [2.24, 2.45) is 0 Å². The molecule has 0 aromatic heterocycles. The Labute approximate surface area is 121 Å². The van der Waals surface area contributed by atoms with E-state index in [0.29, 0.717) is 0 Å². The van der Waals surface area contributed by atoms with Crippen LogP contribution in [0.4, 0.5) is 0 Å². The zero-order valence-corrected chi connectivity index (χ0v) is 13.9. The van der Waals surface area contributed by atoms with Crippen LogP contribution < -0.4 is 0 Å². The summed E-state index contributed by atoms with van der Waals surface area (Å²) in [6.07, 6.45) is 3.80. The second kappa shape index (κ2) is 6.09. The average molecular weight is 512 g/mol. The quantitative estimate of drug-likeness (QED) is 0.402. The van der Waals surface area contributed by atoms with Crippen LogP contribution in [-0.4, -0.2) is 0 Å². The fraction of sp³-hybridized carbons (Fsp3) is 0.400. The summed E-state index contributed by atoms with van der Waals surface area (Å²) in [5, 5.41) is 0. The van der Waals surface area contributed by atoms with Crippen molar-refractivity contribution in [1.29, 1.82) is 0 Å². The van der Waals surface area contributed by atoms with Gasteiger partial charge >= 0.3 is 0 Å². The standard InChI is InChI=1S/C10H11I3/c1-2-3-4-7-5-8(11)6-9(12)10(7)13/h5-6H,2-4H2,1H3. The van der Waals surface area contributed by atoms with E-state index in [0.717, 1.165) is 0 Å². The fourth-order valence-electron chi connectivity index (χ4n) is 1.16. The lowest BCUT2D eigenvalue weighted by Gasteiger charge is -2.06. The van der Waals surface area contributed by atoms with Crippen LogP contribution in [0.5, 0.6) is 0 Å². The molecule has 0 saturated heterocycles. The van der Waals surface area contributed by atoms with Crippen LogP contribution in [0.25, 0.3) is 0 Å². The Kier molecular flexibility index (Phi) is 5.85. The first-order chi connectivity index (χ1) is 6.15. The van der Waals surface area contributed by atoms with Crippen molar-refractivity contribution in [3.8, 4) is 0 Å². The second-order valence-electron chi connectivity index (χ2n) is 2.96. The number of benzene rings is 1. The summed E-state index contributed by atoms with van der Waals surface area (Å²) < 4.78 is 4.18. The Morgan fingerprint density at radius 3 is 2.46 bits per heavy atom. The summed E-state index contributed by atoms with van der Waals surface area (Å²) in [6, 6.07) is 4.54. The van der Waals surface area contributed by atoms with Gasteiger partial charge in [-0.2, -0.15) is 0 Å². The number of aryl methyl sites for hydroxylation is 1. The van der Waals surface area contributed by atoms with E-state index in [4.69, 9.17) is 0 Å². The molecule has 1 rings (SSSR count). The van der Waals surface area contributed by atoms with Crippen LogP contribution in [0.1, 0.15) is 25.3 Å².